The fraction of sp³-hybridized carbons (Fsp3) is 0.423. The van der Waals surface area contributed by atoms with Crippen molar-refractivity contribution in [2.24, 2.45) is 7.05 Å². The first-order valence-corrected chi connectivity index (χ1v) is 12.0. The van der Waals surface area contributed by atoms with Crippen molar-refractivity contribution in [1.82, 2.24) is 19.2 Å². The molecule has 3 aliphatic heterocycles. The SMILES string of the molecule is CC(=O)N1CCc2c(c(N3CCCc4cc(-c5ccc(=O)n(C)c5)ccc43)nn2C2COC2)C1. The van der Waals surface area contributed by atoms with Crippen molar-refractivity contribution in [3.63, 3.8) is 0 Å². The highest BCUT2D eigenvalue weighted by atomic mass is 16.5. The maximum atomic E-state index is 12.2. The molecular weight excluding hydrogens is 430 g/mol. The Morgan fingerprint density at radius 2 is 1.91 bits per heavy atom. The predicted molar refractivity (Wildman–Crippen MR) is 129 cm³/mol. The third kappa shape index (κ3) is 3.44. The van der Waals surface area contributed by atoms with Gasteiger partial charge in [0.1, 0.15) is 0 Å². The van der Waals surface area contributed by atoms with Crippen LogP contribution in [0.1, 0.15) is 36.2 Å². The number of rotatable bonds is 3. The molecule has 1 aromatic carbocycles. The lowest BCUT2D eigenvalue weighted by Crippen LogP contribution is -2.37. The van der Waals surface area contributed by atoms with E-state index in [0.29, 0.717) is 19.8 Å². The first-order chi connectivity index (χ1) is 16.5. The summed E-state index contributed by atoms with van der Waals surface area (Å²) in [5.74, 6) is 1.08. The van der Waals surface area contributed by atoms with Gasteiger partial charge in [0.2, 0.25) is 11.5 Å². The third-order valence-electron chi connectivity index (χ3n) is 7.35. The normalized spacial score (nSPS) is 17.8. The molecule has 1 saturated heterocycles. The van der Waals surface area contributed by atoms with Gasteiger partial charge in [-0.1, -0.05) is 6.07 Å². The third-order valence-corrected chi connectivity index (χ3v) is 7.35. The summed E-state index contributed by atoms with van der Waals surface area (Å²) in [7, 11) is 1.78. The fourth-order valence-electron chi connectivity index (χ4n) is 5.34. The standard InChI is InChI=1S/C26H29N5O3/c1-17(32)29-11-9-24-22(14-29)26(27-31(24)21-15-34-16-21)30-10-3-4-19-12-18(5-7-23(19)30)20-6-8-25(33)28(2)13-20/h5-8,12-13,21H,3-4,9-11,14-16H2,1-2H3. The van der Waals surface area contributed by atoms with Crippen LogP contribution < -0.4 is 10.5 Å². The zero-order valence-corrected chi connectivity index (χ0v) is 19.7. The van der Waals surface area contributed by atoms with E-state index in [1.807, 2.05) is 17.2 Å². The molecule has 3 aliphatic rings. The summed E-state index contributed by atoms with van der Waals surface area (Å²) >= 11 is 0. The van der Waals surface area contributed by atoms with Crippen LogP contribution in [-0.2, 0) is 36.0 Å². The van der Waals surface area contributed by atoms with E-state index in [-0.39, 0.29) is 17.5 Å². The van der Waals surface area contributed by atoms with Crippen molar-refractivity contribution in [2.45, 2.75) is 38.8 Å². The summed E-state index contributed by atoms with van der Waals surface area (Å²) in [5, 5.41) is 5.12. The average Bonchev–Trinajstić information content (AvgIpc) is 3.17. The van der Waals surface area contributed by atoms with Gasteiger partial charge in [-0.05, 0) is 47.7 Å². The number of aryl methyl sites for hydroxylation is 2. The van der Waals surface area contributed by atoms with Crippen LogP contribution in [-0.4, -0.2) is 51.5 Å². The molecule has 8 nitrogen and oxygen atoms in total. The molecule has 176 valence electrons. The minimum Gasteiger partial charge on any atom is -0.377 e. The maximum absolute atomic E-state index is 12.2. The predicted octanol–water partition coefficient (Wildman–Crippen LogP) is 2.81. The van der Waals surface area contributed by atoms with Gasteiger partial charge in [0, 0.05) is 62.7 Å². The van der Waals surface area contributed by atoms with Crippen molar-refractivity contribution >= 4 is 17.4 Å². The summed E-state index contributed by atoms with van der Waals surface area (Å²) < 4.78 is 9.24. The second-order valence-electron chi connectivity index (χ2n) is 9.54. The molecule has 0 bridgehead atoms. The number of pyridine rings is 1. The molecule has 1 fully saturated rings. The van der Waals surface area contributed by atoms with Gasteiger partial charge in [-0.15, -0.1) is 0 Å². The topological polar surface area (TPSA) is 72.6 Å². The number of carbonyl (C=O) groups is 1. The number of ether oxygens (including phenoxy) is 1. The molecule has 5 heterocycles. The molecule has 34 heavy (non-hydrogen) atoms. The fourth-order valence-corrected chi connectivity index (χ4v) is 5.34. The van der Waals surface area contributed by atoms with Gasteiger partial charge < -0.3 is 19.1 Å². The highest BCUT2D eigenvalue weighted by molar-refractivity contribution is 5.76. The summed E-state index contributed by atoms with van der Waals surface area (Å²) in [4.78, 5) is 28.2. The maximum Gasteiger partial charge on any atom is 0.250 e. The Morgan fingerprint density at radius 1 is 1.09 bits per heavy atom. The summed E-state index contributed by atoms with van der Waals surface area (Å²) in [6, 6.07) is 10.3. The lowest BCUT2D eigenvalue weighted by atomic mass is 9.96. The molecule has 0 N–H and O–H groups in total. The number of aromatic nitrogens is 3. The van der Waals surface area contributed by atoms with Gasteiger partial charge >= 0.3 is 0 Å². The van der Waals surface area contributed by atoms with E-state index < -0.39 is 0 Å². The Labute approximate surface area is 198 Å². The van der Waals surface area contributed by atoms with Crippen molar-refractivity contribution in [3.05, 3.63) is 63.7 Å². The number of benzene rings is 1. The van der Waals surface area contributed by atoms with Gasteiger partial charge in [-0.3, -0.25) is 14.3 Å². The number of fused-ring (bicyclic) bond motifs is 2. The molecule has 0 unspecified atom stereocenters. The number of nitrogens with zero attached hydrogens (tertiary/aromatic N) is 5. The average molecular weight is 460 g/mol. The van der Waals surface area contributed by atoms with Crippen LogP contribution in [0.3, 0.4) is 0 Å². The van der Waals surface area contributed by atoms with Crippen LogP contribution in [0, 0.1) is 0 Å². The Morgan fingerprint density at radius 3 is 2.65 bits per heavy atom. The molecule has 8 heteroatoms. The van der Waals surface area contributed by atoms with Crippen LogP contribution >= 0.6 is 0 Å². The van der Waals surface area contributed by atoms with E-state index in [4.69, 9.17) is 9.84 Å². The quantitative estimate of drug-likeness (QED) is 0.602. The second kappa shape index (κ2) is 8.13. The Kier molecular flexibility index (Phi) is 5.06. The Bertz CT molecular complexity index is 1340. The molecule has 3 aromatic rings. The minimum absolute atomic E-state index is 0.00953. The van der Waals surface area contributed by atoms with E-state index in [1.54, 1.807) is 24.6 Å². The zero-order valence-electron chi connectivity index (χ0n) is 19.7. The molecule has 6 rings (SSSR count). The Hall–Kier alpha value is -3.39. The van der Waals surface area contributed by atoms with Crippen LogP contribution in [0.5, 0.6) is 0 Å². The van der Waals surface area contributed by atoms with Crippen molar-refractivity contribution in [3.8, 4) is 11.1 Å². The summed E-state index contributed by atoms with van der Waals surface area (Å²) in [5.41, 5.74) is 7.01. The van der Waals surface area contributed by atoms with Gasteiger partial charge in [-0.2, -0.15) is 5.10 Å². The van der Waals surface area contributed by atoms with Crippen LogP contribution in [0.4, 0.5) is 11.5 Å². The van der Waals surface area contributed by atoms with E-state index >= 15 is 0 Å². The van der Waals surface area contributed by atoms with Crippen LogP contribution in [0.2, 0.25) is 0 Å². The van der Waals surface area contributed by atoms with E-state index in [1.165, 1.54) is 22.5 Å². The first-order valence-electron chi connectivity index (χ1n) is 12.0. The van der Waals surface area contributed by atoms with Crippen LogP contribution in [0.25, 0.3) is 11.1 Å². The largest absolute Gasteiger partial charge is 0.377 e. The van der Waals surface area contributed by atoms with Crippen molar-refractivity contribution in [2.75, 3.05) is 31.2 Å². The second-order valence-corrected chi connectivity index (χ2v) is 9.54. The molecule has 0 aliphatic carbocycles. The lowest BCUT2D eigenvalue weighted by Gasteiger charge is -2.33. The molecule has 0 atom stereocenters. The van der Waals surface area contributed by atoms with E-state index in [0.717, 1.165) is 49.3 Å². The minimum atomic E-state index is -0.00953. The summed E-state index contributed by atoms with van der Waals surface area (Å²) in [6.45, 7) is 5.28. The van der Waals surface area contributed by atoms with Crippen LogP contribution in [0.15, 0.2) is 41.3 Å². The van der Waals surface area contributed by atoms with Crippen molar-refractivity contribution < 1.29 is 9.53 Å². The summed E-state index contributed by atoms with van der Waals surface area (Å²) in [6.07, 6.45) is 4.75. The first kappa shape index (κ1) is 21.2. The molecule has 2 aromatic heterocycles. The van der Waals surface area contributed by atoms with Crippen molar-refractivity contribution in [1.29, 1.82) is 0 Å². The van der Waals surface area contributed by atoms with Gasteiger partial charge in [0.05, 0.1) is 25.8 Å². The molecule has 0 radical (unpaired) electrons. The number of hydrogen-bond acceptors (Lipinski definition) is 5. The number of amides is 1. The lowest BCUT2D eigenvalue weighted by molar-refractivity contribution is -0.129. The highest BCUT2D eigenvalue weighted by Crippen LogP contribution is 2.40. The highest BCUT2D eigenvalue weighted by Gasteiger charge is 2.34. The van der Waals surface area contributed by atoms with Gasteiger partial charge in [0.25, 0.3) is 0 Å². The number of anilines is 2. The number of hydrogen-bond donors (Lipinski definition) is 0. The smallest absolute Gasteiger partial charge is 0.250 e. The molecule has 1 amide bonds. The van der Waals surface area contributed by atoms with E-state index in [2.05, 4.69) is 27.8 Å². The Balaban J connectivity index is 1.41. The number of carbonyl (C=O) groups excluding carboxylic acids is 1. The zero-order chi connectivity index (χ0) is 23.4. The van der Waals surface area contributed by atoms with Gasteiger partial charge in [0.15, 0.2) is 5.82 Å². The molecular formula is C26H29N5O3. The van der Waals surface area contributed by atoms with Gasteiger partial charge in [-0.25, -0.2) is 0 Å². The monoisotopic (exact) mass is 459 g/mol. The molecule has 0 saturated carbocycles. The molecule has 0 spiro atoms. The van der Waals surface area contributed by atoms with E-state index in [9.17, 15) is 9.59 Å².